The third-order valence-electron chi connectivity index (χ3n) is 3.06. The molecule has 0 radical (unpaired) electrons. The zero-order valence-corrected chi connectivity index (χ0v) is 11.6. The van der Waals surface area contributed by atoms with Crippen LogP contribution in [-0.4, -0.2) is 19.8 Å². The number of hydrogen-bond acceptors (Lipinski definition) is 2. The van der Waals surface area contributed by atoms with Gasteiger partial charge in [-0.05, 0) is 37.1 Å². The highest BCUT2D eigenvalue weighted by molar-refractivity contribution is 9.10. The van der Waals surface area contributed by atoms with Crippen LogP contribution in [-0.2, 0) is 4.74 Å². The van der Waals surface area contributed by atoms with Crippen LogP contribution in [0.4, 0.5) is 5.69 Å². The molecule has 0 bridgehead atoms. The van der Waals surface area contributed by atoms with Crippen LogP contribution in [0.15, 0.2) is 16.6 Å². The monoisotopic (exact) mass is 283 g/mol. The smallest absolute Gasteiger partial charge is 0.0559 e. The molecular weight excluding hydrogens is 266 g/mol. The molecule has 2 rings (SSSR count). The van der Waals surface area contributed by atoms with E-state index in [1.165, 1.54) is 21.3 Å². The summed E-state index contributed by atoms with van der Waals surface area (Å²) < 4.78 is 6.45. The molecule has 16 heavy (non-hydrogen) atoms. The van der Waals surface area contributed by atoms with Crippen LogP contribution >= 0.6 is 15.9 Å². The van der Waals surface area contributed by atoms with Crippen LogP contribution in [0.3, 0.4) is 0 Å². The highest BCUT2D eigenvalue weighted by atomic mass is 79.9. The van der Waals surface area contributed by atoms with Gasteiger partial charge in [-0.2, -0.15) is 0 Å². The van der Waals surface area contributed by atoms with Gasteiger partial charge in [0.2, 0.25) is 0 Å². The molecule has 0 aromatic heterocycles. The van der Waals surface area contributed by atoms with Gasteiger partial charge in [0, 0.05) is 22.1 Å². The summed E-state index contributed by atoms with van der Waals surface area (Å²) in [6.07, 6.45) is 0. The Morgan fingerprint density at radius 1 is 1.31 bits per heavy atom. The third kappa shape index (κ3) is 2.41. The molecule has 2 nitrogen and oxygen atoms in total. The summed E-state index contributed by atoms with van der Waals surface area (Å²) in [4.78, 5) is 0. The maximum atomic E-state index is 5.25. The van der Waals surface area contributed by atoms with Crippen molar-refractivity contribution in [2.75, 3.05) is 25.1 Å². The Morgan fingerprint density at radius 2 is 1.88 bits per heavy atom. The lowest BCUT2D eigenvalue weighted by molar-refractivity contribution is -0.0924. The number of aryl methyl sites for hydroxylation is 2. The molecule has 88 valence electrons. The van der Waals surface area contributed by atoms with Gasteiger partial charge in [0.1, 0.15) is 0 Å². The molecule has 1 aromatic rings. The van der Waals surface area contributed by atoms with E-state index in [1.54, 1.807) is 0 Å². The molecular formula is C13H18BrNO. The number of rotatable bonds is 3. The number of benzene rings is 1. The van der Waals surface area contributed by atoms with Crippen LogP contribution < -0.4 is 5.32 Å². The van der Waals surface area contributed by atoms with Gasteiger partial charge < -0.3 is 10.1 Å². The van der Waals surface area contributed by atoms with Crippen LogP contribution in [0.25, 0.3) is 0 Å². The Hall–Kier alpha value is -0.540. The van der Waals surface area contributed by atoms with Crippen molar-refractivity contribution in [3.8, 4) is 0 Å². The Morgan fingerprint density at radius 3 is 2.31 bits per heavy atom. The van der Waals surface area contributed by atoms with E-state index in [9.17, 15) is 0 Å². The van der Waals surface area contributed by atoms with Crippen LogP contribution in [0.1, 0.15) is 18.1 Å². The first-order valence-electron chi connectivity index (χ1n) is 5.59. The number of halogens is 1. The van der Waals surface area contributed by atoms with Gasteiger partial charge >= 0.3 is 0 Å². The van der Waals surface area contributed by atoms with Crippen molar-refractivity contribution in [3.05, 3.63) is 27.7 Å². The zero-order valence-electron chi connectivity index (χ0n) is 10.1. The summed E-state index contributed by atoms with van der Waals surface area (Å²) in [6, 6.07) is 4.36. The molecule has 0 amide bonds. The van der Waals surface area contributed by atoms with Crippen molar-refractivity contribution in [1.82, 2.24) is 0 Å². The number of anilines is 1. The third-order valence-corrected chi connectivity index (χ3v) is 4.31. The second-order valence-corrected chi connectivity index (χ2v) is 5.87. The van der Waals surface area contributed by atoms with E-state index in [0.29, 0.717) is 5.41 Å². The van der Waals surface area contributed by atoms with Gasteiger partial charge in [-0.25, -0.2) is 0 Å². The fraction of sp³-hybridized carbons (Fsp3) is 0.538. The molecule has 1 N–H and O–H groups in total. The molecule has 1 saturated heterocycles. The SMILES string of the molecule is Cc1cc(NCC2(C)COC2)cc(C)c1Br. The van der Waals surface area contributed by atoms with E-state index in [-0.39, 0.29) is 0 Å². The Balaban J connectivity index is 2.04. The van der Waals surface area contributed by atoms with E-state index in [4.69, 9.17) is 4.74 Å². The van der Waals surface area contributed by atoms with Gasteiger partial charge in [0.15, 0.2) is 0 Å². The largest absolute Gasteiger partial charge is 0.384 e. The normalized spacial score (nSPS) is 18.0. The molecule has 1 aliphatic rings. The lowest BCUT2D eigenvalue weighted by atomic mass is 9.88. The van der Waals surface area contributed by atoms with Gasteiger partial charge in [-0.1, -0.05) is 22.9 Å². The predicted molar refractivity (Wildman–Crippen MR) is 71.0 cm³/mol. The van der Waals surface area contributed by atoms with Crippen molar-refractivity contribution >= 4 is 21.6 Å². The Bertz CT molecular complexity index is 376. The van der Waals surface area contributed by atoms with E-state index < -0.39 is 0 Å². The Labute approximate surface area is 106 Å². The number of ether oxygens (including phenoxy) is 1. The first-order valence-corrected chi connectivity index (χ1v) is 6.38. The summed E-state index contributed by atoms with van der Waals surface area (Å²) in [5, 5.41) is 3.50. The first kappa shape index (κ1) is 11.9. The van der Waals surface area contributed by atoms with Gasteiger partial charge in [-0.3, -0.25) is 0 Å². The van der Waals surface area contributed by atoms with Crippen molar-refractivity contribution in [2.24, 2.45) is 5.41 Å². The van der Waals surface area contributed by atoms with Crippen LogP contribution in [0.5, 0.6) is 0 Å². The first-order chi connectivity index (χ1) is 7.50. The standard InChI is InChI=1S/C13H18BrNO/c1-9-4-11(5-10(2)12(9)14)15-6-13(3)7-16-8-13/h4-5,15H,6-8H2,1-3H3. The molecule has 0 spiro atoms. The summed E-state index contributed by atoms with van der Waals surface area (Å²) in [5.74, 6) is 0. The Kier molecular flexibility index (Phi) is 3.27. The molecule has 0 atom stereocenters. The average molecular weight is 284 g/mol. The highest BCUT2D eigenvalue weighted by Crippen LogP contribution is 2.29. The molecule has 1 aliphatic heterocycles. The maximum absolute atomic E-state index is 5.25. The zero-order chi connectivity index (χ0) is 11.8. The van der Waals surface area contributed by atoms with Crippen molar-refractivity contribution < 1.29 is 4.74 Å². The van der Waals surface area contributed by atoms with Gasteiger partial charge in [0.05, 0.1) is 13.2 Å². The van der Waals surface area contributed by atoms with Crippen molar-refractivity contribution in [1.29, 1.82) is 0 Å². The topological polar surface area (TPSA) is 21.3 Å². The van der Waals surface area contributed by atoms with E-state index >= 15 is 0 Å². The van der Waals surface area contributed by atoms with Crippen LogP contribution in [0, 0.1) is 19.3 Å². The summed E-state index contributed by atoms with van der Waals surface area (Å²) in [7, 11) is 0. The molecule has 0 aliphatic carbocycles. The fourth-order valence-corrected chi connectivity index (χ4v) is 2.14. The van der Waals surface area contributed by atoms with E-state index in [0.717, 1.165) is 19.8 Å². The summed E-state index contributed by atoms with van der Waals surface area (Å²) in [6.45, 7) is 9.21. The fourth-order valence-electron chi connectivity index (χ4n) is 1.92. The maximum Gasteiger partial charge on any atom is 0.0559 e. The van der Waals surface area contributed by atoms with E-state index in [2.05, 4.69) is 54.2 Å². The lowest BCUT2D eigenvalue weighted by Gasteiger charge is -2.38. The number of nitrogens with one attached hydrogen (secondary N) is 1. The van der Waals surface area contributed by atoms with Gasteiger partial charge in [0.25, 0.3) is 0 Å². The van der Waals surface area contributed by atoms with Crippen LogP contribution in [0.2, 0.25) is 0 Å². The van der Waals surface area contributed by atoms with Crippen molar-refractivity contribution in [3.63, 3.8) is 0 Å². The lowest BCUT2D eigenvalue weighted by Crippen LogP contribution is -2.45. The molecule has 0 unspecified atom stereocenters. The highest BCUT2D eigenvalue weighted by Gasteiger charge is 2.32. The second kappa shape index (κ2) is 4.38. The molecule has 1 aromatic carbocycles. The summed E-state index contributed by atoms with van der Waals surface area (Å²) in [5.41, 5.74) is 4.07. The second-order valence-electron chi connectivity index (χ2n) is 5.08. The summed E-state index contributed by atoms with van der Waals surface area (Å²) >= 11 is 3.58. The quantitative estimate of drug-likeness (QED) is 0.917. The molecule has 1 fully saturated rings. The molecule has 3 heteroatoms. The van der Waals surface area contributed by atoms with Gasteiger partial charge in [-0.15, -0.1) is 0 Å². The predicted octanol–water partition coefficient (Wildman–Crippen LogP) is 3.51. The molecule has 1 heterocycles. The van der Waals surface area contributed by atoms with E-state index in [1.807, 2.05) is 0 Å². The molecule has 0 saturated carbocycles. The minimum Gasteiger partial charge on any atom is -0.384 e. The average Bonchev–Trinajstić information content (AvgIpc) is 2.20. The minimum atomic E-state index is 0.314. The van der Waals surface area contributed by atoms with Crippen molar-refractivity contribution in [2.45, 2.75) is 20.8 Å². The number of hydrogen-bond donors (Lipinski definition) is 1. The minimum absolute atomic E-state index is 0.314.